The molecule has 0 unspecified atom stereocenters. The molecule has 4 aromatic rings. The number of furan rings is 2. The highest BCUT2D eigenvalue weighted by Gasteiger charge is 1.90. The van der Waals surface area contributed by atoms with Crippen LogP contribution in [0.3, 0.4) is 0 Å². The van der Waals surface area contributed by atoms with Crippen LogP contribution in [0.2, 0.25) is 0 Å². The van der Waals surface area contributed by atoms with E-state index in [1.165, 1.54) is 0 Å². The topological polar surface area (TPSA) is 43.4 Å². The first-order valence-corrected chi connectivity index (χ1v) is 6.28. The maximum absolute atomic E-state index is 7.83. The number of benzene rings is 2. The molecule has 0 N–H and O–H groups in total. The molecule has 0 fully saturated rings. The number of hydrogen-bond acceptors (Lipinski definition) is 4. The molecule has 0 radical (unpaired) electrons. The average Bonchev–Trinajstić information content (AvgIpc) is 3.18. The Bertz CT molecular complexity index is 647. The van der Waals surface area contributed by atoms with Crippen LogP contribution in [0.1, 0.15) is 0 Å². The van der Waals surface area contributed by atoms with Crippen molar-refractivity contribution >= 4 is 34.5 Å². The first-order chi connectivity index (χ1) is 9.93. The molecule has 0 aliphatic rings. The van der Waals surface area contributed by atoms with Crippen LogP contribution in [0.4, 0.5) is 0 Å². The van der Waals surface area contributed by atoms with Crippen molar-refractivity contribution in [2.75, 3.05) is 0 Å². The van der Waals surface area contributed by atoms with Crippen molar-refractivity contribution in [1.29, 1.82) is 0 Å². The molecular weight excluding hydrogens is 272 g/mol. The first-order valence-electron chi connectivity index (χ1n) is 5.95. The van der Waals surface area contributed by atoms with Crippen molar-refractivity contribution in [1.82, 2.24) is 0 Å². The molecule has 2 aromatic carbocycles. The van der Waals surface area contributed by atoms with E-state index in [1.54, 1.807) is 12.5 Å². The molecular formula is C16H12O3S. The van der Waals surface area contributed by atoms with Gasteiger partial charge in [0, 0.05) is 10.8 Å². The lowest BCUT2D eigenvalue weighted by Crippen LogP contribution is -1.57. The molecule has 3 nitrogen and oxygen atoms in total. The molecule has 100 valence electrons. The van der Waals surface area contributed by atoms with Crippen molar-refractivity contribution in [3.63, 3.8) is 0 Å². The van der Waals surface area contributed by atoms with Gasteiger partial charge in [-0.1, -0.05) is 36.4 Å². The first kappa shape index (κ1) is 14.0. The van der Waals surface area contributed by atoms with Crippen LogP contribution in [-0.4, -0.2) is 4.21 Å². The van der Waals surface area contributed by atoms with Crippen molar-refractivity contribution in [3.8, 4) is 0 Å². The third kappa shape index (κ3) is 3.30. The summed E-state index contributed by atoms with van der Waals surface area (Å²) in [6.45, 7) is 0. The van der Waals surface area contributed by atoms with Crippen LogP contribution in [0.15, 0.2) is 82.0 Å². The predicted molar refractivity (Wildman–Crippen MR) is 80.6 cm³/mol. The Labute approximate surface area is 121 Å². The van der Waals surface area contributed by atoms with Crippen molar-refractivity contribution in [3.05, 3.63) is 73.2 Å². The van der Waals surface area contributed by atoms with Crippen molar-refractivity contribution < 1.29 is 13.0 Å². The quantitative estimate of drug-likeness (QED) is 0.476. The van der Waals surface area contributed by atoms with Gasteiger partial charge in [0.1, 0.15) is 11.2 Å². The number of fused-ring (bicyclic) bond motifs is 2. The summed E-state index contributed by atoms with van der Waals surface area (Å²) in [5, 5.41) is 2.33. The molecule has 0 amide bonds. The van der Waals surface area contributed by atoms with Gasteiger partial charge in [0.25, 0.3) is 0 Å². The Balaban J connectivity index is 0.000000131. The molecule has 0 aliphatic carbocycles. The minimum Gasteiger partial charge on any atom is -0.464 e. The van der Waals surface area contributed by atoms with Crippen LogP contribution < -0.4 is 0 Å². The summed E-state index contributed by atoms with van der Waals surface area (Å²) in [6.07, 6.45) is 3.40. The Morgan fingerprint density at radius 2 is 1.00 bits per heavy atom. The Morgan fingerprint density at radius 1 is 0.600 bits per heavy atom. The summed E-state index contributed by atoms with van der Waals surface area (Å²) in [7, 11) is 0. The van der Waals surface area contributed by atoms with E-state index < -0.39 is 0 Å². The molecule has 2 aromatic heterocycles. The van der Waals surface area contributed by atoms with E-state index in [0.29, 0.717) is 0 Å². The molecule has 0 spiro atoms. The third-order valence-electron chi connectivity index (χ3n) is 2.72. The van der Waals surface area contributed by atoms with Gasteiger partial charge in [-0.15, -0.1) is 0 Å². The number of hydrogen-bond donors (Lipinski definition) is 0. The predicted octanol–water partition coefficient (Wildman–Crippen LogP) is 4.53. The fourth-order valence-corrected chi connectivity index (χ4v) is 1.81. The van der Waals surface area contributed by atoms with Crippen LogP contribution >= 0.6 is 0 Å². The van der Waals surface area contributed by atoms with Gasteiger partial charge >= 0.3 is 0 Å². The SMILES string of the molecule is O=S.c1ccc2occc2c1.c1ccc2occc2c1. The second-order valence-corrected chi connectivity index (χ2v) is 3.92. The van der Waals surface area contributed by atoms with Crippen LogP contribution in [0, 0.1) is 0 Å². The van der Waals surface area contributed by atoms with Gasteiger partial charge in [-0.3, -0.25) is 0 Å². The van der Waals surface area contributed by atoms with Gasteiger partial charge in [-0.05, 0) is 24.3 Å². The molecule has 20 heavy (non-hydrogen) atoms. The van der Waals surface area contributed by atoms with Gasteiger partial charge < -0.3 is 8.83 Å². The lowest BCUT2D eigenvalue weighted by molar-refractivity contribution is 0.615. The van der Waals surface area contributed by atoms with E-state index in [1.807, 2.05) is 60.7 Å². The van der Waals surface area contributed by atoms with Gasteiger partial charge in [0.2, 0.25) is 0 Å². The number of para-hydroxylation sites is 2. The molecule has 2 heterocycles. The third-order valence-corrected chi connectivity index (χ3v) is 2.72. The van der Waals surface area contributed by atoms with E-state index >= 15 is 0 Å². The van der Waals surface area contributed by atoms with Gasteiger partial charge in [-0.2, -0.15) is 4.21 Å². The maximum Gasteiger partial charge on any atom is 0.197 e. The largest absolute Gasteiger partial charge is 0.464 e. The lowest BCUT2D eigenvalue weighted by atomic mass is 10.3. The average molecular weight is 284 g/mol. The second-order valence-electron chi connectivity index (χ2n) is 3.92. The molecule has 0 saturated heterocycles. The zero-order chi connectivity index (χ0) is 14.2. The normalized spacial score (nSPS) is 9.40. The van der Waals surface area contributed by atoms with Gasteiger partial charge in [0.15, 0.2) is 12.5 Å². The van der Waals surface area contributed by atoms with Crippen LogP contribution in [0.5, 0.6) is 0 Å². The highest BCUT2D eigenvalue weighted by molar-refractivity contribution is 7.44. The second kappa shape index (κ2) is 7.21. The van der Waals surface area contributed by atoms with E-state index in [2.05, 4.69) is 12.5 Å². The molecule has 0 atom stereocenters. The van der Waals surface area contributed by atoms with E-state index in [0.717, 1.165) is 21.9 Å². The Kier molecular flexibility index (Phi) is 5.03. The Hall–Kier alpha value is -2.46. The zero-order valence-corrected chi connectivity index (χ0v) is 11.4. The monoisotopic (exact) mass is 284 g/mol. The highest BCUT2D eigenvalue weighted by atomic mass is 32.1. The summed E-state index contributed by atoms with van der Waals surface area (Å²) >= 11 is 2.83. The van der Waals surface area contributed by atoms with Crippen molar-refractivity contribution in [2.45, 2.75) is 0 Å². The standard InChI is InChI=1S/2C8H6O.OS/c2*1-2-4-8-7(3-1)5-6-9-8;1-2/h2*1-6H;. The Morgan fingerprint density at radius 3 is 1.40 bits per heavy atom. The van der Waals surface area contributed by atoms with Gasteiger partial charge in [-0.25, -0.2) is 0 Å². The van der Waals surface area contributed by atoms with Crippen molar-refractivity contribution in [2.24, 2.45) is 0 Å². The highest BCUT2D eigenvalue weighted by Crippen LogP contribution is 2.13. The number of rotatable bonds is 0. The summed E-state index contributed by atoms with van der Waals surface area (Å²) in [5.74, 6) is 0. The fraction of sp³-hybridized carbons (Fsp3) is 0. The van der Waals surface area contributed by atoms with E-state index in [4.69, 9.17) is 13.0 Å². The summed E-state index contributed by atoms with van der Waals surface area (Å²) in [4.78, 5) is 0. The molecule has 0 aliphatic heterocycles. The summed E-state index contributed by atoms with van der Waals surface area (Å²) in [5.41, 5.74) is 1.91. The molecule has 0 saturated carbocycles. The smallest absolute Gasteiger partial charge is 0.197 e. The molecule has 4 rings (SSSR count). The van der Waals surface area contributed by atoms with E-state index in [9.17, 15) is 0 Å². The fourth-order valence-electron chi connectivity index (χ4n) is 1.81. The summed E-state index contributed by atoms with van der Waals surface area (Å²) in [6, 6.07) is 19.8. The molecule has 0 bridgehead atoms. The minimum absolute atomic E-state index is 0.956. The zero-order valence-electron chi connectivity index (χ0n) is 10.6. The lowest BCUT2D eigenvalue weighted by Gasteiger charge is -1.81. The van der Waals surface area contributed by atoms with Crippen LogP contribution in [-0.2, 0) is 12.5 Å². The summed E-state index contributed by atoms with van der Waals surface area (Å²) < 4.78 is 18.1. The van der Waals surface area contributed by atoms with Crippen LogP contribution in [0.25, 0.3) is 21.9 Å². The van der Waals surface area contributed by atoms with E-state index in [-0.39, 0.29) is 0 Å². The van der Waals surface area contributed by atoms with Gasteiger partial charge in [0.05, 0.1) is 12.5 Å². The minimum atomic E-state index is 0.956. The molecule has 4 heteroatoms. The maximum atomic E-state index is 7.83.